The van der Waals surface area contributed by atoms with Crippen molar-refractivity contribution in [1.29, 1.82) is 0 Å². The molecule has 0 aromatic heterocycles. The summed E-state index contributed by atoms with van der Waals surface area (Å²) in [6.45, 7) is 1.70. The Balaban J connectivity index is 3.02. The van der Waals surface area contributed by atoms with Crippen molar-refractivity contribution in [3.8, 4) is 0 Å². The fourth-order valence-corrected chi connectivity index (χ4v) is 1.23. The van der Waals surface area contributed by atoms with Gasteiger partial charge < -0.3 is 10.8 Å². The second kappa shape index (κ2) is 4.48. The molecule has 0 fully saturated rings. The molecular weight excluding hydrogens is 188 g/mol. The van der Waals surface area contributed by atoms with E-state index in [-0.39, 0.29) is 24.1 Å². The van der Waals surface area contributed by atoms with Crippen LogP contribution < -0.4 is 5.73 Å². The molecule has 0 aliphatic rings. The molecule has 0 aliphatic carbocycles. The number of aliphatic hydroxyl groups excluding tert-OH is 1. The number of halogens is 2. The Morgan fingerprint density at radius 1 is 1.36 bits per heavy atom. The zero-order valence-corrected chi connectivity index (χ0v) is 7.93. The van der Waals surface area contributed by atoms with Crippen molar-refractivity contribution in [3.05, 3.63) is 34.9 Å². The molecule has 0 radical (unpaired) electrons. The standard InChI is InChI=1S/C10H13F2NO/c1-6-4-9(12)7(5-8(6)11)10(14)2-3-13/h4-5,10,14H,2-3,13H2,1H3/t10-/m0/s1. The molecule has 4 heteroatoms. The highest BCUT2D eigenvalue weighted by Gasteiger charge is 2.14. The molecule has 1 aromatic rings. The van der Waals surface area contributed by atoms with Crippen LogP contribution in [0.25, 0.3) is 0 Å². The topological polar surface area (TPSA) is 46.2 Å². The summed E-state index contributed by atoms with van der Waals surface area (Å²) in [6.07, 6.45) is -0.811. The lowest BCUT2D eigenvalue weighted by atomic mass is 10.0. The van der Waals surface area contributed by atoms with Gasteiger partial charge in [-0.25, -0.2) is 8.78 Å². The zero-order valence-electron chi connectivity index (χ0n) is 7.93. The molecule has 3 N–H and O–H groups in total. The molecule has 0 spiro atoms. The van der Waals surface area contributed by atoms with Crippen molar-refractivity contribution in [2.75, 3.05) is 6.54 Å². The summed E-state index contributed by atoms with van der Waals surface area (Å²) in [7, 11) is 0. The molecule has 0 saturated heterocycles. The van der Waals surface area contributed by atoms with Gasteiger partial charge in [-0.05, 0) is 37.6 Å². The molecule has 0 saturated carbocycles. The normalized spacial score (nSPS) is 12.9. The predicted octanol–water partition coefficient (Wildman–Crippen LogP) is 1.66. The molecular formula is C10H13F2NO. The van der Waals surface area contributed by atoms with Crippen molar-refractivity contribution in [1.82, 2.24) is 0 Å². The third kappa shape index (κ3) is 2.27. The van der Waals surface area contributed by atoms with E-state index in [0.29, 0.717) is 0 Å². The number of benzene rings is 1. The minimum atomic E-state index is -1.03. The van der Waals surface area contributed by atoms with Crippen LogP contribution in [0.3, 0.4) is 0 Å². The molecule has 0 heterocycles. The van der Waals surface area contributed by atoms with E-state index in [2.05, 4.69) is 0 Å². The van der Waals surface area contributed by atoms with Crippen molar-refractivity contribution in [2.45, 2.75) is 19.4 Å². The van der Waals surface area contributed by atoms with Crippen LogP contribution in [-0.4, -0.2) is 11.7 Å². The van der Waals surface area contributed by atoms with Gasteiger partial charge in [0.1, 0.15) is 11.6 Å². The lowest BCUT2D eigenvalue weighted by Gasteiger charge is -2.11. The largest absolute Gasteiger partial charge is 0.388 e. The van der Waals surface area contributed by atoms with E-state index in [1.807, 2.05) is 0 Å². The highest BCUT2D eigenvalue weighted by molar-refractivity contribution is 5.26. The average Bonchev–Trinajstić information content (AvgIpc) is 2.11. The highest BCUT2D eigenvalue weighted by atomic mass is 19.1. The number of aliphatic hydroxyl groups is 1. The molecule has 0 amide bonds. The SMILES string of the molecule is Cc1cc(F)c([C@@H](O)CCN)cc1F. The molecule has 0 bridgehead atoms. The van der Waals surface area contributed by atoms with Crippen molar-refractivity contribution in [3.63, 3.8) is 0 Å². The Bertz CT molecular complexity index is 328. The zero-order chi connectivity index (χ0) is 10.7. The van der Waals surface area contributed by atoms with Crippen LogP contribution in [-0.2, 0) is 0 Å². The molecule has 14 heavy (non-hydrogen) atoms. The molecule has 1 atom stereocenters. The maximum atomic E-state index is 13.2. The summed E-state index contributed by atoms with van der Waals surface area (Å²) in [6, 6.07) is 2.09. The van der Waals surface area contributed by atoms with Gasteiger partial charge in [0, 0.05) is 5.56 Å². The van der Waals surface area contributed by atoms with Crippen molar-refractivity contribution < 1.29 is 13.9 Å². The average molecular weight is 201 g/mol. The summed E-state index contributed by atoms with van der Waals surface area (Å²) >= 11 is 0. The second-order valence-electron chi connectivity index (χ2n) is 3.22. The second-order valence-corrected chi connectivity index (χ2v) is 3.22. The van der Waals surface area contributed by atoms with Crippen molar-refractivity contribution in [2.24, 2.45) is 5.73 Å². The monoisotopic (exact) mass is 201 g/mol. The maximum Gasteiger partial charge on any atom is 0.129 e. The summed E-state index contributed by atoms with van der Waals surface area (Å²) in [5.74, 6) is -1.11. The van der Waals surface area contributed by atoms with E-state index >= 15 is 0 Å². The molecule has 2 nitrogen and oxygen atoms in total. The van der Waals surface area contributed by atoms with Gasteiger partial charge in [0.2, 0.25) is 0 Å². The van der Waals surface area contributed by atoms with E-state index in [0.717, 1.165) is 12.1 Å². The number of hydrogen-bond donors (Lipinski definition) is 2. The first-order valence-electron chi connectivity index (χ1n) is 4.40. The van der Waals surface area contributed by atoms with Gasteiger partial charge in [-0.3, -0.25) is 0 Å². The predicted molar refractivity (Wildman–Crippen MR) is 49.7 cm³/mol. The summed E-state index contributed by atoms with van der Waals surface area (Å²) in [5.41, 5.74) is 5.41. The Hall–Kier alpha value is -1.00. The van der Waals surface area contributed by atoms with E-state index < -0.39 is 17.7 Å². The minimum Gasteiger partial charge on any atom is -0.388 e. The first-order chi connectivity index (χ1) is 6.56. The Labute approximate surface area is 81.4 Å². The Morgan fingerprint density at radius 2 is 2.00 bits per heavy atom. The quantitative estimate of drug-likeness (QED) is 0.781. The molecule has 0 unspecified atom stereocenters. The summed E-state index contributed by atoms with van der Waals surface area (Å²) in [4.78, 5) is 0. The van der Waals surface area contributed by atoms with E-state index in [4.69, 9.17) is 5.73 Å². The van der Waals surface area contributed by atoms with Crippen LogP contribution in [0.2, 0.25) is 0 Å². The van der Waals surface area contributed by atoms with Gasteiger partial charge in [0.25, 0.3) is 0 Å². The van der Waals surface area contributed by atoms with E-state index in [1.165, 1.54) is 6.92 Å². The van der Waals surface area contributed by atoms with Crippen LogP contribution in [0, 0.1) is 18.6 Å². The molecule has 78 valence electrons. The number of hydrogen-bond acceptors (Lipinski definition) is 2. The summed E-state index contributed by atoms with van der Waals surface area (Å²) in [5, 5.41) is 9.43. The Morgan fingerprint density at radius 3 is 2.57 bits per heavy atom. The van der Waals surface area contributed by atoms with Crippen LogP contribution >= 0.6 is 0 Å². The first-order valence-corrected chi connectivity index (χ1v) is 4.40. The molecule has 1 rings (SSSR count). The van der Waals surface area contributed by atoms with E-state index in [1.54, 1.807) is 0 Å². The Kier molecular flexibility index (Phi) is 3.55. The lowest BCUT2D eigenvalue weighted by molar-refractivity contribution is 0.165. The third-order valence-electron chi connectivity index (χ3n) is 2.08. The first kappa shape index (κ1) is 11.1. The fourth-order valence-electron chi connectivity index (χ4n) is 1.23. The minimum absolute atomic E-state index is 0.0291. The fraction of sp³-hybridized carbons (Fsp3) is 0.400. The van der Waals surface area contributed by atoms with Crippen molar-refractivity contribution >= 4 is 0 Å². The van der Waals surface area contributed by atoms with Crippen LogP contribution in [0.4, 0.5) is 8.78 Å². The van der Waals surface area contributed by atoms with Gasteiger partial charge in [0.05, 0.1) is 6.10 Å². The van der Waals surface area contributed by atoms with Crippen LogP contribution in [0.15, 0.2) is 12.1 Å². The molecule has 0 aliphatic heterocycles. The lowest BCUT2D eigenvalue weighted by Crippen LogP contribution is -2.09. The van der Waals surface area contributed by atoms with Gasteiger partial charge in [-0.1, -0.05) is 0 Å². The smallest absolute Gasteiger partial charge is 0.129 e. The van der Waals surface area contributed by atoms with Crippen LogP contribution in [0.1, 0.15) is 23.7 Å². The highest BCUT2D eigenvalue weighted by Crippen LogP contribution is 2.22. The van der Waals surface area contributed by atoms with E-state index in [9.17, 15) is 13.9 Å². The third-order valence-corrected chi connectivity index (χ3v) is 2.08. The number of aryl methyl sites for hydroxylation is 1. The van der Waals surface area contributed by atoms with Gasteiger partial charge in [-0.15, -0.1) is 0 Å². The van der Waals surface area contributed by atoms with Crippen LogP contribution in [0.5, 0.6) is 0 Å². The number of rotatable bonds is 3. The summed E-state index contributed by atoms with van der Waals surface area (Å²) < 4.78 is 26.3. The number of nitrogens with two attached hydrogens (primary N) is 1. The van der Waals surface area contributed by atoms with Gasteiger partial charge in [-0.2, -0.15) is 0 Å². The maximum absolute atomic E-state index is 13.2. The van der Waals surface area contributed by atoms with Gasteiger partial charge in [0.15, 0.2) is 0 Å². The van der Waals surface area contributed by atoms with Gasteiger partial charge >= 0.3 is 0 Å². The molecule has 1 aromatic carbocycles.